The van der Waals surface area contributed by atoms with Crippen molar-refractivity contribution in [1.82, 2.24) is 10.6 Å². The van der Waals surface area contributed by atoms with Crippen LogP contribution in [-0.2, 0) is 10.2 Å². The van der Waals surface area contributed by atoms with Crippen LogP contribution in [0.15, 0.2) is 24.3 Å². The molecule has 1 heterocycles. The van der Waals surface area contributed by atoms with Gasteiger partial charge in [-0.2, -0.15) is 0 Å². The van der Waals surface area contributed by atoms with Crippen LogP contribution in [-0.4, -0.2) is 25.5 Å². The lowest BCUT2D eigenvalue weighted by Gasteiger charge is -2.40. The quantitative estimate of drug-likeness (QED) is 0.874. The molecule has 1 aliphatic heterocycles. The second-order valence-corrected chi connectivity index (χ2v) is 6.35. The van der Waals surface area contributed by atoms with E-state index in [2.05, 4.69) is 10.6 Å². The van der Waals surface area contributed by atoms with Crippen molar-refractivity contribution in [3.8, 4) is 0 Å². The fourth-order valence-electron chi connectivity index (χ4n) is 3.48. The maximum Gasteiger partial charge on any atom is 0.230 e. The van der Waals surface area contributed by atoms with Gasteiger partial charge in [-0.05, 0) is 62.4 Å². The number of hydrogen-bond acceptors (Lipinski definition) is 2. The zero-order valence-electron chi connectivity index (χ0n) is 12.3. The van der Waals surface area contributed by atoms with Crippen molar-refractivity contribution in [3.63, 3.8) is 0 Å². The molecule has 1 saturated heterocycles. The van der Waals surface area contributed by atoms with Crippen LogP contribution in [0.3, 0.4) is 0 Å². The van der Waals surface area contributed by atoms with E-state index in [4.69, 9.17) is 0 Å². The zero-order valence-corrected chi connectivity index (χ0v) is 12.3. The lowest BCUT2D eigenvalue weighted by atomic mass is 9.63. The van der Waals surface area contributed by atoms with Crippen LogP contribution < -0.4 is 10.6 Å². The van der Waals surface area contributed by atoms with Gasteiger partial charge in [0.1, 0.15) is 5.82 Å². The van der Waals surface area contributed by atoms with Crippen molar-refractivity contribution in [2.24, 2.45) is 5.92 Å². The topological polar surface area (TPSA) is 41.1 Å². The summed E-state index contributed by atoms with van der Waals surface area (Å²) in [6.45, 7) is 2.87. The fourth-order valence-corrected chi connectivity index (χ4v) is 3.48. The Kier molecular flexibility index (Phi) is 4.24. The predicted octanol–water partition coefficient (Wildman–Crippen LogP) is 2.36. The number of carbonyl (C=O) groups excluding carboxylic acids is 1. The molecule has 1 saturated carbocycles. The minimum atomic E-state index is -0.490. The second kappa shape index (κ2) is 6.14. The van der Waals surface area contributed by atoms with Gasteiger partial charge in [0.05, 0.1) is 5.41 Å². The van der Waals surface area contributed by atoms with E-state index < -0.39 is 5.41 Å². The molecule has 0 radical (unpaired) electrons. The number of benzene rings is 1. The van der Waals surface area contributed by atoms with Crippen molar-refractivity contribution < 1.29 is 9.18 Å². The minimum absolute atomic E-state index is 0.0744. The Hall–Kier alpha value is -1.42. The normalized spacial score (nSPS) is 23.6. The molecule has 21 heavy (non-hydrogen) atoms. The van der Waals surface area contributed by atoms with Crippen molar-refractivity contribution in [2.75, 3.05) is 19.6 Å². The number of nitrogens with one attached hydrogen (secondary N) is 2. The third-order valence-corrected chi connectivity index (χ3v) is 5.02. The maximum absolute atomic E-state index is 13.4. The van der Waals surface area contributed by atoms with Crippen LogP contribution in [0.4, 0.5) is 4.39 Å². The summed E-state index contributed by atoms with van der Waals surface area (Å²) in [4.78, 5) is 12.6. The SMILES string of the molecule is O=C(NCCC1CCNC1)C1(c2cccc(F)c2)CCC1. The number of halogens is 1. The van der Waals surface area contributed by atoms with Gasteiger partial charge in [-0.3, -0.25) is 4.79 Å². The molecule has 4 heteroatoms. The third-order valence-electron chi connectivity index (χ3n) is 5.02. The molecule has 1 amide bonds. The predicted molar refractivity (Wildman–Crippen MR) is 80.5 cm³/mol. The van der Waals surface area contributed by atoms with Crippen LogP contribution in [0.1, 0.15) is 37.7 Å². The average molecular weight is 290 g/mol. The highest BCUT2D eigenvalue weighted by Crippen LogP contribution is 2.44. The van der Waals surface area contributed by atoms with Crippen LogP contribution in [0, 0.1) is 11.7 Å². The molecule has 1 atom stereocenters. The van der Waals surface area contributed by atoms with Crippen molar-refractivity contribution >= 4 is 5.91 Å². The standard InChI is InChI=1S/C17H23FN2O/c18-15-4-1-3-14(11-15)17(7-2-8-17)16(21)20-10-6-13-5-9-19-12-13/h1,3-4,11,13,19H,2,5-10,12H2,(H,20,21). The number of rotatable bonds is 5. The van der Waals surface area contributed by atoms with Crippen molar-refractivity contribution in [2.45, 2.75) is 37.5 Å². The van der Waals surface area contributed by atoms with E-state index in [1.54, 1.807) is 6.07 Å². The third kappa shape index (κ3) is 2.95. The molecule has 0 aromatic heterocycles. The van der Waals surface area contributed by atoms with Gasteiger partial charge >= 0.3 is 0 Å². The largest absolute Gasteiger partial charge is 0.355 e. The van der Waals surface area contributed by atoms with Crippen molar-refractivity contribution in [3.05, 3.63) is 35.6 Å². The number of carbonyl (C=O) groups is 1. The van der Waals surface area contributed by atoms with Crippen molar-refractivity contribution in [1.29, 1.82) is 0 Å². The molecule has 3 rings (SSSR count). The van der Waals surface area contributed by atoms with Crippen LogP contribution in [0.2, 0.25) is 0 Å². The van der Waals surface area contributed by atoms with E-state index in [0.717, 1.165) is 50.9 Å². The summed E-state index contributed by atoms with van der Waals surface area (Å²) in [5.41, 5.74) is 0.338. The summed E-state index contributed by atoms with van der Waals surface area (Å²) >= 11 is 0. The van der Waals surface area contributed by atoms with Crippen LogP contribution in [0.25, 0.3) is 0 Å². The average Bonchev–Trinajstić information content (AvgIpc) is 2.91. The first-order valence-electron chi connectivity index (χ1n) is 7.96. The summed E-state index contributed by atoms with van der Waals surface area (Å²) in [6, 6.07) is 6.52. The molecule has 2 N–H and O–H groups in total. The van der Waals surface area contributed by atoms with Gasteiger partial charge in [-0.25, -0.2) is 4.39 Å². The Morgan fingerprint density at radius 1 is 1.43 bits per heavy atom. The molecule has 1 aliphatic carbocycles. The molecule has 0 spiro atoms. The molecular weight excluding hydrogens is 267 g/mol. The number of hydrogen-bond donors (Lipinski definition) is 2. The molecule has 1 aromatic rings. The Morgan fingerprint density at radius 2 is 2.29 bits per heavy atom. The Morgan fingerprint density at radius 3 is 2.90 bits per heavy atom. The lowest BCUT2D eigenvalue weighted by molar-refractivity contribution is -0.129. The second-order valence-electron chi connectivity index (χ2n) is 6.35. The lowest BCUT2D eigenvalue weighted by Crippen LogP contribution is -2.49. The summed E-state index contributed by atoms with van der Waals surface area (Å²) in [5.74, 6) is 0.491. The Balaban J connectivity index is 1.61. The highest BCUT2D eigenvalue weighted by molar-refractivity contribution is 5.89. The van der Waals surface area contributed by atoms with Gasteiger partial charge in [0, 0.05) is 6.54 Å². The van der Waals surface area contributed by atoms with Gasteiger partial charge in [-0.15, -0.1) is 0 Å². The van der Waals surface area contributed by atoms with E-state index >= 15 is 0 Å². The van der Waals surface area contributed by atoms with E-state index in [0.29, 0.717) is 5.92 Å². The highest BCUT2D eigenvalue weighted by atomic mass is 19.1. The Labute approximate surface area is 125 Å². The summed E-state index contributed by atoms with van der Waals surface area (Å²) in [5, 5.41) is 6.42. The van der Waals surface area contributed by atoms with E-state index in [1.165, 1.54) is 18.6 Å². The Bertz CT molecular complexity index is 507. The summed E-state index contributed by atoms with van der Waals surface area (Å²) < 4.78 is 13.4. The van der Waals surface area contributed by atoms with E-state index in [1.807, 2.05) is 6.07 Å². The zero-order chi connectivity index (χ0) is 14.7. The molecule has 2 aliphatic rings. The van der Waals surface area contributed by atoms with Gasteiger partial charge in [0.15, 0.2) is 0 Å². The molecule has 1 unspecified atom stereocenters. The molecule has 114 valence electrons. The molecule has 0 bridgehead atoms. The molecular formula is C17H23FN2O. The fraction of sp³-hybridized carbons (Fsp3) is 0.588. The van der Waals surface area contributed by atoms with E-state index in [-0.39, 0.29) is 11.7 Å². The summed E-state index contributed by atoms with van der Waals surface area (Å²) in [6.07, 6.45) is 4.92. The van der Waals surface area contributed by atoms with Crippen LogP contribution in [0.5, 0.6) is 0 Å². The monoisotopic (exact) mass is 290 g/mol. The van der Waals surface area contributed by atoms with Gasteiger partial charge in [0.2, 0.25) is 5.91 Å². The first kappa shape index (κ1) is 14.5. The van der Waals surface area contributed by atoms with Gasteiger partial charge in [-0.1, -0.05) is 18.6 Å². The number of amides is 1. The minimum Gasteiger partial charge on any atom is -0.355 e. The molecule has 1 aromatic carbocycles. The van der Waals surface area contributed by atoms with Gasteiger partial charge < -0.3 is 10.6 Å². The van der Waals surface area contributed by atoms with Crippen LogP contribution >= 0.6 is 0 Å². The first-order valence-corrected chi connectivity index (χ1v) is 7.96. The molecule has 2 fully saturated rings. The van der Waals surface area contributed by atoms with E-state index in [9.17, 15) is 9.18 Å². The highest BCUT2D eigenvalue weighted by Gasteiger charge is 2.45. The maximum atomic E-state index is 13.4. The summed E-state index contributed by atoms with van der Waals surface area (Å²) in [7, 11) is 0. The molecule has 3 nitrogen and oxygen atoms in total. The van der Waals surface area contributed by atoms with Gasteiger partial charge in [0.25, 0.3) is 0 Å². The first-order chi connectivity index (χ1) is 10.2. The smallest absolute Gasteiger partial charge is 0.230 e.